The fourth-order valence-corrected chi connectivity index (χ4v) is 9.47. The summed E-state index contributed by atoms with van der Waals surface area (Å²) >= 11 is 0. The maximum absolute atomic E-state index is 19.3. The van der Waals surface area contributed by atoms with Gasteiger partial charge in [0, 0.05) is 49.3 Å². The molecule has 12 atom stereocenters. The van der Waals surface area contributed by atoms with Crippen molar-refractivity contribution >= 4 is 35.8 Å². The second kappa shape index (κ2) is 16.4. The third kappa shape index (κ3) is 5.88. The molecular weight excluding hydrogens is 976 g/mol. The van der Waals surface area contributed by atoms with Gasteiger partial charge in [-0.2, -0.15) is 17.6 Å². The van der Waals surface area contributed by atoms with Gasteiger partial charge in [0.25, 0.3) is 11.3 Å². The lowest BCUT2D eigenvalue weighted by atomic mass is 9.29. The molecule has 4 aliphatic carbocycles. The second-order valence-corrected chi connectivity index (χ2v) is 15.7. The van der Waals surface area contributed by atoms with Gasteiger partial charge >= 0.3 is 47.7 Å². The molecule has 378 valence electrons. The lowest BCUT2D eigenvalue weighted by Gasteiger charge is -2.80. The van der Waals surface area contributed by atoms with Gasteiger partial charge in [-0.25, -0.2) is 81.5 Å². The standard InChI is InChI=1S/C40H34F16O12/c1-7-21(57)63-15-27(41)13-29(43)31(45,17-65-23(59)9-3)32(46,18-66-24(60)10-4)30(44)14-28(42,16-64-22(58)8-2)40(55,56)38(52)34(48,20-68-26(62)12-6)33(47,19-67-25(61)11-5)37(51,39(27,53)54)35(29,49)36(30,38)50/h7-12H,1-6,13-20H2. The molecule has 0 bridgehead atoms. The van der Waals surface area contributed by atoms with E-state index in [1.54, 1.807) is 0 Å². The maximum atomic E-state index is 19.3. The highest BCUT2D eigenvalue weighted by molar-refractivity contribution is 5.83. The molecule has 0 N–H and O–H groups in total. The molecule has 0 heterocycles. The van der Waals surface area contributed by atoms with Gasteiger partial charge in [-0.15, -0.1) is 0 Å². The lowest BCUT2D eigenvalue weighted by Crippen LogP contribution is -3.10. The summed E-state index contributed by atoms with van der Waals surface area (Å²) in [7, 11) is 0. The quantitative estimate of drug-likeness (QED) is 0.0688. The van der Waals surface area contributed by atoms with Gasteiger partial charge in [-0.3, -0.25) is 0 Å². The molecule has 12 nitrogen and oxygen atoms in total. The van der Waals surface area contributed by atoms with Crippen LogP contribution in [0.5, 0.6) is 0 Å². The molecule has 0 saturated heterocycles. The summed E-state index contributed by atoms with van der Waals surface area (Å²) in [6.45, 7) is -4.87. The van der Waals surface area contributed by atoms with Crippen molar-refractivity contribution in [2.75, 3.05) is 39.6 Å². The second-order valence-electron chi connectivity index (χ2n) is 15.7. The first kappa shape index (κ1) is 54.7. The average Bonchev–Trinajstić information content (AvgIpc) is 3.30. The van der Waals surface area contributed by atoms with Crippen LogP contribution in [0.2, 0.25) is 0 Å². The first-order valence-corrected chi connectivity index (χ1v) is 18.7. The Morgan fingerprint density at radius 1 is 0.324 bits per heavy atom. The van der Waals surface area contributed by atoms with Gasteiger partial charge in [0.15, 0.2) is 11.3 Å². The van der Waals surface area contributed by atoms with Crippen LogP contribution in [0.1, 0.15) is 12.8 Å². The third-order valence-electron chi connectivity index (χ3n) is 12.7. The fraction of sp³-hybridized carbons (Fsp3) is 0.550. The molecule has 0 spiro atoms. The van der Waals surface area contributed by atoms with Crippen LogP contribution in [0.3, 0.4) is 0 Å². The Morgan fingerprint density at radius 2 is 0.515 bits per heavy atom. The minimum absolute atomic E-state index is 0.0873. The highest BCUT2D eigenvalue weighted by Crippen LogP contribution is 2.88. The summed E-state index contributed by atoms with van der Waals surface area (Å²) in [5, 5.41) is 0. The van der Waals surface area contributed by atoms with E-state index in [1.165, 1.54) is 0 Å². The predicted molar refractivity (Wildman–Crippen MR) is 192 cm³/mol. The van der Waals surface area contributed by atoms with Crippen molar-refractivity contribution in [1.29, 1.82) is 0 Å². The van der Waals surface area contributed by atoms with E-state index in [0.29, 0.717) is 0 Å². The number of carbonyl (C=O) groups excluding carboxylic acids is 6. The van der Waals surface area contributed by atoms with Crippen molar-refractivity contribution in [3.63, 3.8) is 0 Å². The molecule has 4 fully saturated rings. The van der Waals surface area contributed by atoms with Crippen molar-refractivity contribution in [2.45, 2.75) is 92.7 Å². The molecule has 28 heteroatoms. The first-order chi connectivity index (χ1) is 30.9. The summed E-state index contributed by atoms with van der Waals surface area (Å²) in [5.41, 5.74) is -87.4. The zero-order valence-corrected chi connectivity index (χ0v) is 34.3. The summed E-state index contributed by atoms with van der Waals surface area (Å²) < 4.78 is 318. The normalized spacial score (nSPS) is 42.5. The van der Waals surface area contributed by atoms with Crippen LogP contribution >= 0.6 is 0 Å². The number of hydrogen-bond donors (Lipinski definition) is 0. The average molecular weight is 1010 g/mol. The topological polar surface area (TPSA) is 158 Å². The van der Waals surface area contributed by atoms with Crippen molar-refractivity contribution in [1.82, 2.24) is 0 Å². The van der Waals surface area contributed by atoms with E-state index < -0.39 is 168 Å². The fourth-order valence-electron chi connectivity index (χ4n) is 9.47. The number of hydrogen-bond acceptors (Lipinski definition) is 12. The zero-order valence-electron chi connectivity index (χ0n) is 34.3. The van der Waals surface area contributed by atoms with Gasteiger partial charge in [0.1, 0.15) is 39.6 Å². The van der Waals surface area contributed by atoms with Crippen LogP contribution in [-0.4, -0.2) is 155 Å². The Balaban J connectivity index is 2.57. The molecule has 0 amide bonds. The van der Waals surface area contributed by atoms with E-state index >= 15 is 70.2 Å². The summed E-state index contributed by atoms with van der Waals surface area (Å²) in [5.74, 6) is -29.2. The minimum atomic E-state index is -8.12. The van der Waals surface area contributed by atoms with E-state index in [2.05, 4.69) is 67.9 Å². The van der Waals surface area contributed by atoms with Crippen LogP contribution in [0.4, 0.5) is 70.2 Å². The number of ether oxygens (including phenoxy) is 6. The van der Waals surface area contributed by atoms with E-state index in [-0.39, 0.29) is 36.5 Å². The van der Waals surface area contributed by atoms with Crippen LogP contribution in [0.15, 0.2) is 75.9 Å². The Hall–Kier alpha value is -5.86. The minimum Gasteiger partial charge on any atom is -0.459 e. The molecule has 12 unspecified atom stereocenters. The Kier molecular flexibility index (Phi) is 13.2. The SMILES string of the molecule is C=CC(=O)OCC1(F)CC2(F)C(F)(COC(=O)C=C)C(F)(COC(=O)C=C)C3(F)CC(F)(COC(=O)C=C)C(F)(F)C4(F)C(F)(COC(=O)C=C)C(F)(COC(=O)C=C)C(F)(C1(F)F)C2(F)C34F. The van der Waals surface area contributed by atoms with Crippen LogP contribution < -0.4 is 0 Å². The zero-order chi connectivity index (χ0) is 52.6. The number of rotatable bonds is 18. The maximum Gasteiger partial charge on any atom is 0.330 e. The Bertz CT molecular complexity index is 2100. The van der Waals surface area contributed by atoms with Crippen LogP contribution in [0.25, 0.3) is 0 Å². The smallest absolute Gasteiger partial charge is 0.330 e. The first-order valence-electron chi connectivity index (χ1n) is 18.7. The summed E-state index contributed by atoms with van der Waals surface area (Å²) in [6, 6.07) is 0. The molecule has 4 aliphatic rings. The molecule has 68 heavy (non-hydrogen) atoms. The highest BCUT2D eigenvalue weighted by Gasteiger charge is 3.17. The number of halogens is 16. The Morgan fingerprint density at radius 3 is 0.721 bits per heavy atom. The third-order valence-corrected chi connectivity index (χ3v) is 12.7. The van der Waals surface area contributed by atoms with Gasteiger partial charge < -0.3 is 28.4 Å². The molecule has 0 aromatic heterocycles. The monoisotopic (exact) mass is 1010 g/mol. The molecule has 4 rings (SSSR count). The summed E-state index contributed by atoms with van der Waals surface area (Å²) in [4.78, 5) is 73.3. The lowest BCUT2D eigenvalue weighted by molar-refractivity contribution is -0.530. The van der Waals surface area contributed by atoms with E-state index in [0.717, 1.165) is 0 Å². The molecule has 0 aromatic rings. The van der Waals surface area contributed by atoms with E-state index in [4.69, 9.17) is 0 Å². The van der Waals surface area contributed by atoms with Gasteiger partial charge in [-0.1, -0.05) is 39.5 Å². The molecule has 0 aliphatic heterocycles. The van der Waals surface area contributed by atoms with E-state index in [1.807, 2.05) is 0 Å². The predicted octanol–water partition coefficient (Wildman–Crippen LogP) is 5.97. The van der Waals surface area contributed by atoms with Crippen LogP contribution in [0, 0.1) is 0 Å². The number of carbonyl (C=O) groups is 6. The highest BCUT2D eigenvalue weighted by atomic mass is 19.3. The van der Waals surface area contributed by atoms with Gasteiger partial charge in [0.2, 0.25) is 45.4 Å². The number of alkyl halides is 16. The van der Waals surface area contributed by atoms with E-state index in [9.17, 15) is 28.8 Å². The van der Waals surface area contributed by atoms with Crippen molar-refractivity contribution in [3.8, 4) is 0 Å². The van der Waals surface area contributed by atoms with Crippen molar-refractivity contribution in [3.05, 3.63) is 75.9 Å². The van der Waals surface area contributed by atoms with Crippen LogP contribution in [-0.2, 0) is 57.2 Å². The molecule has 4 saturated carbocycles. The summed E-state index contributed by atoms with van der Waals surface area (Å²) in [6.07, 6.45) is -9.28. The molecule has 0 radical (unpaired) electrons. The molecular formula is C40H34F16O12. The number of esters is 6. The Labute approximate surface area is 371 Å². The van der Waals surface area contributed by atoms with Gasteiger partial charge in [-0.05, 0) is 0 Å². The van der Waals surface area contributed by atoms with Crippen molar-refractivity contribution in [2.24, 2.45) is 0 Å². The largest absolute Gasteiger partial charge is 0.459 e. The molecule has 0 aromatic carbocycles. The van der Waals surface area contributed by atoms with Crippen molar-refractivity contribution < 1.29 is 127 Å². The van der Waals surface area contributed by atoms with Gasteiger partial charge in [0.05, 0.1) is 0 Å².